The molecule has 0 saturated carbocycles. The highest BCUT2D eigenvalue weighted by atomic mass is 16.6. The fraction of sp³-hybridized carbons (Fsp3) is 0.947. The molecular formula is C57H110O6. The summed E-state index contributed by atoms with van der Waals surface area (Å²) < 4.78 is 16.8. The molecule has 0 aromatic rings. The number of carbonyl (C=O) groups is 3. The molecule has 1 atom stereocenters. The largest absolute Gasteiger partial charge is 0.462 e. The molecule has 0 aromatic heterocycles. The van der Waals surface area contributed by atoms with Gasteiger partial charge in [-0.3, -0.25) is 14.4 Å². The molecule has 0 aliphatic rings. The molecular weight excluding hydrogens is 781 g/mol. The van der Waals surface area contributed by atoms with Crippen LogP contribution in [0.2, 0.25) is 0 Å². The van der Waals surface area contributed by atoms with Gasteiger partial charge in [0.2, 0.25) is 0 Å². The van der Waals surface area contributed by atoms with E-state index in [0.29, 0.717) is 19.3 Å². The Morgan fingerprint density at radius 1 is 0.270 bits per heavy atom. The molecule has 0 radical (unpaired) electrons. The fourth-order valence-corrected chi connectivity index (χ4v) is 8.65. The van der Waals surface area contributed by atoms with E-state index >= 15 is 0 Å². The fourth-order valence-electron chi connectivity index (χ4n) is 8.65. The zero-order valence-electron chi connectivity index (χ0n) is 43.4. The summed E-state index contributed by atoms with van der Waals surface area (Å²) in [7, 11) is 0. The Kier molecular flexibility index (Phi) is 47.1. The van der Waals surface area contributed by atoms with Gasteiger partial charge in [-0.15, -0.1) is 0 Å². The quantitative estimate of drug-likeness (QED) is 0.0344. The summed E-state index contributed by atoms with van der Waals surface area (Å²) in [5, 5.41) is 0. The van der Waals surface area contributed by atoms with Crippen LogP contribution in [-0.2, 0) is 28.6 Å². The van der Waals surface area contributed by atoms with E-state index < -0.39 is 6.10 Å². The molecule has 0 amide bonds. The highest BCUT2D eigenvalue weighted by molar-refractivity contribution is 5.71. The van der Waals surface area contributed by atoms with Crippen molar-refractivity contribution in [1.82, 2.24) is 0 Å². The first-order chi connectivity index (χ1) is 30.6. The Morgan fingerprint density at radius 2 is 0.460 bits per heavy atom. The van der Waals surface area contributed by atoms with Crippen molar-refractivity contribution in [1.29, 1.82) is 0 Å². The predicted molar refractivity (Wildman–Crippen MR) is 270 cm³/mol. The monoisotopic (exact) mass is 891 g/mol. The molecule has 0 aromatic carbocycles. The van der Waals surface area contributed by atoms with Crippen LogP contribution >= 0.6 is 0 Å². The standard InChI is InChI=1S/C57H110O6/c1-51(2)43-37-31-25-21-17-13-11-9-7-8-10-12-14-19-23-27-34-40-46-55(58)61-49-54(50-62-56(59)47-41-35-30-29-33-39-45-53(5)6)63-57(60)48-42-36-28-24-20-16-15-18-22-26-32-38-44-52(3)4/h51-54H,7-50H2,1-6H3/t54-/m0/s1. The lowest BCUT2D eigenvalue weighted by Crippen LogP contribution is -2.30. The molecule has 0 bridgehead atoms. The van der Waals surface area contributed by atoms with E-state index in [0.717, 1.165) is 75.5 Å². The zero-order valence-corrected chi connectivity index (χ0v) is 43.4. The van der Waals surface area contributed by atoms with Crippen LogP contribution in [0.3, 0.4) is 0 Å². The Balaban J connectivity index is 4.19. The summed E-state index contributed by atoms with van der Waals surface area (Å²) in [6, 6.07) is 0. The van der Waals surface area contributed by atoms with Gasteiger partial charge in [0, 0.05) is 19.3 Å². The van der Waals surface area contributed by atoms with E-state index in [9.17, 15) is 14.4 Å². The van der Waals surface area contributed by atoms with Crippen molar-refractivity contribution in [2.75, 3.05) is 13.2 Å². The van der Waals surface area contributed by atoms with E-state index in [4.69, 9.17) is 14.2 Å². The molecule has 0 aliphatic carbocycles. The third-order valence-electron chi connectivity index (χ3n) is 12.9. The second kappa shape index (κ2) is 48.3. The van der Waals surface area contributed by atoms with Crippen molar-refractivity contribution in [2.24, 2.45) is 17.8 Å². The van der Waals surface area contributed by atoms with Crippen LogP contribution in [0.5, 0.6) is 0 Å². The third-order valence-corrected chi connectivity index (χ3v) is 12.9. The van der Waals surface area contributed by atoms with Crippen LogP contribution < -0.4 is 0 Å². The molecule has 0 aliphatic heterocycles. The molecule has 374 valence electrons. The maximum Gasteiger partial charge on any atom is 0.306 e. The van der Waals surface area contributed by atoms with E-state index in [1.54, 1.807) is 0 Å². The number of rotatable bonds is 50. The molecule has 0 fully saturated rings. The van der Waals surface area contributed by atoms with Gasteiger partial charge in [0.25, 0.3) is 0 Å². The summed E-state index contributed by atoms with van der Waals surface area (Å²) in [5.41, 5.74) is 0. The Bertz CT molecular complexity index is 976. The van der Waals surface area contributed by atoms with Gasteiger partial charge in [0.1, 0.15) is 13.2 Å². The summed E-state index contributed by atoms with van der Waals surface area (Å²) in [6.45, 7) is 13.7. The van der Waals surface area contributed by atoms with Crippen molar-refractivity contribution in [3.63, 3.8) is 0 Å². The van der Waals surface area contributed by atoms with Gasteiger partial charge in [0.15, 0.2) is 6.10 Å². The Morgan fingerprint density at radius 3 is 0.683 bits per heavy atom. The summed E-state index contributed by atoms with van der Waals surface area (Å²) >= 11 is 0. The van der Waals surface area contributed by atoms with Crippen LogP contribution in [0, 0.1) is 17.8 Å². The van der Waals surface area contributed by atoms with Crippen molar-refractivity contribution < 1.29 is 28.6 Å². The van der Waals surface area contributed by atoms with Gasteiger partial charge in [-0.25, -0.2) is 0 Å². The number of hydrogen-bond acceptors (Lipinski definition) is 6. The summed E-state index contributed by atoms with van der Waals surface area (Å²) in [5.74, 6) is 1.60. The van der Waals surface area contributed by atoms with Crippen LogP contribution in [-0.4, -0.2) is 37.2 Å². The first-order valence-corrected chi connectivity index (χ1v) is 28.1. The van der Waals surface area contributed by atoms with Crippen molar-refractivity contribution in [3.8, 4) is 0 Å². The smallest absolute Gasteiger partial charge is 0.306 e. The number of unbranched alkanes of at least 4 members (excludes halogenated alkanes) is 33. The molecule has 0 saturated heterocycles. The van der Waals surface area contributed by atoms with E-state index in [1.807, 2.05) is 0 Å². The predicted octanol–water partition coefficient (Wildman–Crippen LogP) is 18.3. The molecule has 0 N–H and O–H groups in total. The molecule has 0 unspecified atom stereocenters. The number of esters is 3. The van der Waals surface area contributed by atoms with Crippen LogP contribution in [0.4, 0.5) is 0 Å². The SMILES string of the molecule is CC(C)CCCCCCCCCCCCCCCCCCCCC(=O)OC[C@@H](COC(=O)CCCCCCCCC(C)C)OC(=O)CCCCCCCCCCCCCCC(C)C. The minimum atomic E-state index is -0.763. The topological polar surface area (TPSA) is 78.9 Å². The average Bonchev–Trinajstić information content (AvgIpc) is 3.24. The average molecular weight is 892 g/mol. The number of carbonyl (C=O) groups excluding carboxylic acids is 3. The second-order valence-electron chi connectivity index (χ2n) is 21.0. The van der Waals surface area contributed by atoms with Gasteiger partial charge in [-0.2, -0.15) is 0 Å². The lowest BCUT2D eigenvalue weighted by Gasteiger charge is -2.18. The van der Waals surface area contributed by atoms with E-state index in [2.05, 4.69) is 41.5 Å². The van der Waals surface area contributed by atoms with Crippen molar-refractivity contribution in [3.05, 3.63) is 0 Å². The van der Waals surface area contributed by atoms with Crippen LogP contribution in [0.15, 0.2) is 0 Å². The van der Waals surface area contributed by atoms with Crippen molar-refractivity contribution in [2.45, 2.75) is 317 Å². The van der Waals surface area contributed by atoms with Gasteiger partial charge < -0.3 is 14.2 Å². The summed E-state index contributed by atoms with van der Waals surface area (Å²) in [6.07, 6.45) is 49.7. The Hall–Kier alpha value is -1.59. The number of hydrogen-bond donors (Lipinski definition) is 0. The van der Waals surface area contributed by atoms with E-state index in [-0.39, 0.29) is 31.1 Å². The minimum absolute atomic E-state index is 0.0646. The van der Waals surface area contributed by atoms with Crippen molar-refractivity contribution >= 4 is 17.9 Å². The number of ether oxygens (including phenoxy) is 3. The lowest BCUT2D eigenvalue weighted by atomic mass is 10.0. The second-order valence-corrected chi connectivity index (χ2v) is 21.0. The molecule has 0 heterocycles. The van der Waals surface area contributed by atoms with Gasteiger partial charge in [-0.1, -0.05) is 273 Å². The van der Waals surface area contributed by atoms with Gasteiger partial charge in [0.05, 0.1) is 0 Å². The molecule has 63 heavy (non-hydrogen) atoms. The van der Waals surface area contributed by atoms with Gasteiger partial charge >= 0.3 is 17.9 Å². The maximum atomic E-state index is 12.8. The highest BCUT2D eigenvalue weighted by Crippen LogP contribution is 2.18. The van der Waals surface area contributed by atoms with Crippen LogP contribution in [0.1, 0.15) is 311 Å². The lowest BCUT2D eigenvalue weighted by molar-refractivity contribution is -0.167. The summed E-state index contributed by atoms with van der Waals surface area (Å²) in [4.78, 5) is 38.0. The molecule has 0 rings (SSSR count). The molecule has 6 nitrogen and oxygen atoms in total. The minimum Gasteiger partial charge on any atom is -0.462 e. The highest BCUT2D eigenvalue weighted by Gasteiger charge is 2.19. The normalized spacial score (nSPS) is 12.1. The third kappa shape index (κ3) is 51.3. The van der Waals surface area contributed by atoms with Crippen LogP contribution in [0.25, 0.3) is 0 Å². The molecule has 0 spiro atoms. The first-order valence-electron chi connectivity index (χ1n) is 28.1. The Labute approximate surface area is 393 Å². The maximum absolute atomic E-state index is 12.8. The zero-order chi connectivity index (χ0) is 46.3. The van der Waals surface area contributed by atoms with Gasteiger partial charge in [-0.05, 0) is 37.0 Å². The van der Waals surface area contributed by atoms with E-state index in [1.165, 1.54) is 193 Å². The molecule has 6 heteroatoms. The first kappa shape index (κ1) is 61.4.